The number of alkyl halides is 3. The van der Waals surface area contributed by atoms with E-state index in [0.29, 0.717) is 22.8 Å². The molecule has 3 aromatic rings. The summed E-state index contributed by atoms with van der Waals surface area (Å²) in [5.41, 5.74) is 1.06. The van der Waals surface area contributed by atoms with Gasteiger partial charge >= 0.3 is 6.18 Å². The number of benzene rings is 1. The van der Waals surface area contributed by atoms with Crippen molar-refractivity contribution >= 4 is 27.0 Å². The van der Waals surface area contributed by atoms with E-state index in [1.165, 1.54) is 15.6 Å². The molecule has 2 aromatic heterocycles. The molecule has 0 radical (unpaired) electrons. The predicted molar refractivity (Wildman–Crippen MR) is 112 cm³/mol. The summed E-state index contributed by atoms with van der Waals surface area (Å²) in [7, 11) is -3.93. The first-order chi connectivity index (χ1) is 14.6. The molecular formula is C20H20F3N3O3S2. The standard InChI is InChI=1S/C20H20F3N3O3S2/c1-13-18(16-12-17(29-24-16)20(21,22)23)19(14(2)30-13)31(27,28)26-10-8-25(9-11-26)15-6-4-3-5-7-15/h3-7,12H,8-11H2,1-2H3. The normalized spacial score (nSPS) is 16.1. The minimum Gasteiger partial charge on any atom is -0.369 e. The van der Waals surface area contributed by atoms with Gasteiger partial charge in [0, 0.05) is 53.3 Å². The second kappa shape index (κ2) is 7.95. The summed E-state index contributed by atoms with van der Waals surface area (Å²) in [5, 5.41) is 3.52. The van der Waals surface area contributed by atoms with E-state index in [1.807, 2.05) is 30.3 Å². The maximum atomic E-state index is 13.5. The highest BCUT2D eigenvalue weighted by Crippen LogP contribution is 2.41. The highest BCUT2D eigenvalue weighted by Gasteiger charge is 2.39. The highest BCUT2D eigenvalue weighted by molar-refractivity contribution is 7.89. The number of anilines is 1. The van der Waals surface area contributed by atoms with Crippen molar-refractivity contribution in [1.29, 1.82) is 0 Å². The van der Waals surface area contributed by atoms with E-state index >= 15 is 0 Å². The lowest BCUT2D eigenvalue weighted by Crippen LogP contribution is -2.48. The molecule has 6 nitrogen and oxygen atoms in total. The number of aryl methyl sites for hydroxylation is 2. The SMILES string of the molecule is Cc1sc(C)c(S(=O)(=O)N2CCN(c3ccccc3)CC2)c1-c1cc(C(F)(F)F)on1. The molecule has 3 heterocycles. The lowest BCUT2D eigenvalue weighted by atomic mass is 10.1. The molecule has 11 heteroatoms. The molecule has 0 unspecified atom stereocenters. The largest absolute Gasteiger partial charge is 0.452 e. The highest BCUT2D eigenvalue weighted by atomic mass is 32.2. The first-order valence-electron chi connectivity index (χ1n) is 9.53. The van der Waals surface area contributed by atoms with Gasteiger partial charge in [0.05, 0.1) is 0 Å². The molecule has 1 aliphatic rings. The van der Waals surface area contributed by atoms with Crippen LogP contribution >= 0.6 is 11.3 Å². The Morgan fingerprint density at radius 3 is 2.26 bits per heavy atom. The Bertz CT molecular complexity index is 1180. The Labute approximate surface area is 181 Å². The van der Waals surface area contributed by atoms with Gasteiger partial charge in [-0.1, -0.05) is 23.4 Å². The van der Waals surface area contributed by atoms with E-state index in [4.69, 9.17) is 0 Å². The second-order valence-corrected chi connectivity index (χ2v) is 10.5. The molecule has 31 heavy (non-hydrogen) atoms. The quantitative estimate of drug-likeness (QED) is 0.559. The minimum atomic E-state index is -4.70. The van der Waals surface area contributed by atoms with Crippen molar-refractivity contribution in [3.63, 3.8) is 0 Å². The Hall–Kier alpha value is -2.37. The van der Waals surface area contributed by atoms with Crippen LogP contribution in [0.2, 0.25) is 0 Å². The molecule has 1 saturated heterocycles. The summed E-state index contributed by atoms with van der Waals surface area (Å²) < 4.78 is 71.7. The molecule has 0 bridgehead atoms. The lowest BCUT2D eigenvalue weighted by molar-refractivity contribution is -0.155. The summed E-state index contributed by atoms with van der Waals surface area (Å²) in [6, 6.07) is 10.5. The number of aromatic nitrogens is 1. The summed E-state index contributed by atoms with van der Waals surface area (Å²) in [6.45, 7) is 4.90. The molecule has 0 saturated carbocycles. The van der Waals surface area contributed by atoms with Crippen molar-refractivity contribution in [1.82, 2.24) is 9.46 Å². The molecule has 0 spiro atoms. The van der Waals surface area contributed by atoms with Crippen LogP contribution < -0.4 is 4.90 Å². The monoisotopic (exact) mass is 471 g/mol. The number of hydrogen-bond donors (Lipinski definition) is 0. The fraction of sp³-hybridized carbons (Fsp3) is 0.350. The average Bonchev–Trinajstić information content (AvgIpc) is 3.33. The van der Waals surface area contributed by atoms with Crippen molar-refractivity contribution < 1.29 is 26.1 Å². The molecule has 0 N–H and O–H groups in total. The zero-order valence-electron chi connectivity index (χ0n) is 16.8. The molecule has 1 fully saturated rings. The third kappa shape index (κ3) is 4.09. The molecule has 166 valence electrons. The Kier molecular flexibility index (Phi) is 5.61. The van der Waals surface area contributed by atoms with Crippen LogP contribution in [-0.2, 0) is 16.2 Å². The number of halogens is 3. The van der Waals surface area contributed by atoms with E-state index in [2.05, 4.69) is 14.6 Å². The number of sulfonamides is 1. The van der Waals surface area contributed by atoms with Gasteiger partial charge in [-0.25, -0.2) is 8.42 Å². The van der Waals surface area contributed by atoms with Crippen LogP contribution in [0.1, 0.15) is 15.5 Å². The zero-order chi connectivity index (χ0) is 22.4. The molecule has 1 aromatic carbocycles. The topological polar surface area (TPSA) is 66.7 Å². The summed E-state index contributed by atoms with van der Waals surface area (Å²) >= 11 is 1.22. The molecule has 1 aliphatic heterocycles. The molecule has 0 amide bonds. The van der Waals surface area contributed by atoms with Gasteiger partial charge in [-0.15, -0.1) is 11.3 Å². The van der Waals surface area contributed by atoms with Crippen LogP contribution in [0.25, 0.3) is 11.3 Å². The van der Waals surface area contributed by atoms with E-state index in [1.54, 1.807) is 13.8 Å². The van der Waals surface area contributed by atoms with Gasteiger partial charge in [-0.2, -0.15) is 17.5 Å². The number of para-hydroxylation sites is 1. The van der Waals surface area contributed by atoms with Crippen LogP contribution in [0.3, 0.4) is 0 Å². The Morgan fingerprint density at radius 1 is 1.03 bits per heavy atom. The van der Waals surface area contributed by atoms with Gasteiger partial charge in [0.15, 0.2) is 0 Å². The number of thiophene rings is 1. The third-order valence-electron chi connectivity index (χ3n) is 5.21. The van der Waals surface area contributed by atoms with Crippen LogP contribution in [0.5, 0.6) is 0 Å². The Morgan fingerprint density at radius 2 is 1.68 bits per heavy atom. The average molecular weight is 472 g/mol. The van der Waals surface area contributed by atoms with E-state index in [9.17, 15) is 21.6 Å². The number of rotatable bonds is 4. The van der Waals surface area contributed by atoms with Crippen LogP contribution in [0.15, 0.2) is 45.8 Å². The first kappa shape index (κ1) is 21.8. The number of nitrogens with zero attached hydrogens (tertiary/aromatic N) is 3. The smallest absolute Gasteiger partial charge is 0.369 e. The molecule has 0 aliphatic carbocycles. The van der Waals surface area contributed by atoms with Crippen molar-refractivity contribution in [2.45, 2.75) is 24.9 Å². The van der Waals surface area contributed by atoms with Crippen molar-refractivity contribution in [2.75, 3.05) is 31.1 Å². The van der Waals surface area contributed by atoms with E-state index < -0.39 is 22.0 Å². The lowest BCUT2D eigenvalue weighted by Gasteiger charge is -2.35. The maximum absolute atomic E-state index is 13.5. The van der Waals surface area contributed by atoms with Gasteiger partial charge < -0.3 is 9.42 Å². The molecule has 4 rings (SSSR count). The van der Waals surface area contributed by atoms with Crippen LogP contribution in [0.4, 0.5) is 18.9 Å². The third-order valence-corrected chi connectivity index (χ3v) is 8.43. The Balaban J connectivity index is 1.64. The fourth-order valence-electron chi connectivity index (χ4n) is 3.75. The van der Waals surface area contributed by atoms with Crippen molar-refractivity contribution in [3.05, 3.63) is 51.9 Å². The van der Waals surface area contributed by atoms with Gasteiger partial charge in [0.25, 0.3) is 0 Å². The van der Waals surface area contributed by atoms with E-state index in [0.717, 1.165) is 11.8 Å². The summed E-state index contributed by atoms with van der Waals surface area (Å²) in [6.07, 6.45) is -4.70. The first-order valence-corrected chi connectivity index (χ1v) is 11.8. The summed E-state index contributed by atoms with van der Waals surface area (Å²) in [4.78, 5) is 3.19. The van der Waals surface area contributed by atoms with Gasteiger partial charge in [-0.3, -0.25) is 0 Å². The predicted octanol–water partition coefficient (Wildman–Crippen LogP) is 4.55. The maximum Gasteiger partial charge on any atom is 0.452 e. The zero-order valence-corrected chi connectivity index (χ0v) is 18.4. The molecule has 0 atom stereocenters. The summed E-state index contributed by atoms with van der Waals surface area (Å²) in [5.74, 6) is -1.26. The molecular weight excluding hydrogens is 451 g/mol. The van der Waals surface area contributed by atoms with Crippen molar-refractivity contribution in [3.8, 4) is 11.3 Å². The van der Waals surface area contributed by atoms with Crippen LogP contribution in [0, 0.1) is 13.8 Å². The van der Waals surface area contributed by atoms with Crippen LogP contribution in [-0.4, -0.2) is 44.1 Å². The second-order valence-electron chi connectivity index (χ2n) is 7.22. The fourth-order valence-corrected chi connectivity index (χ4v) is 7.00. The number of hydrogen-bond acceptors (Lipinski definition) is 6. The number of piperazine rings is 1. The van der Waals surface area contributed by atoms with Gasteiger partial charge in [0.2, 0.25) is 15.8 Å². The van der Waals surface area contributed by atoms with Gasteiger partial charge in [0.1, 0.15) is 10.6 Å². The van der Waals surface area contributed by atoms with Crippen molar-refractivity contribution in [2.24, 2.45) is 0 Å². The van der Waals surface area contributed by atoms with Gasteiger partial charge in [-0.05, 0) is 26.0 Å². The minimum absolute atomic E-state index is 0.00480. The van der Waals surface area contributed by atoms with E-state index in [-0.39, 0.29) is 29.2 Å².